The predicted molar refractivity (Wildman–Crippen MR) is 67.4 cm³/mol. The van der Waals surface area contributed by atoms with Crippen LogP contribution < -0.4 is 5.32 Å². The van der Waals surface area contributed by atoms with Crippen LogP contribution in [-0.4, -0.2) is 36.5 Å². The van der Waals surface area contributed by atoms with E-state index in [2.05, 4.69) is 12.2 Å². The highest BCUT2D eigenvalue weighted by Gasteiger charge is 2.29. The molecule has 1 saturated heterocycles. The molecule has 3 heteroatoms. The van der Waals surface area contributed by atoms with E-state index >= 15 is 0 Å². The van der Waals surface area contributed by atoms with E-state index in [-0.39, 0.29) is 6.04 Å². The highest BCUT2D eigenvalue weighted by molar-refractivity contribution is 5.82. The van der Waals surface area contributed by atoms with E-state index in [1.165, 1.54) is 19.3 Å². The molecule has 1 saturated carbocycles. The monoisotopic (exact) mass is 226 g/mol. The van der Waals surface area contributed by atoms with E-state index in [9.17, 15) is 4.79 Å². The molecule has 2 rings (SSSR count). The summed E-state index contributed by atoms with van der Waals surface area (Å²) < 4.78 is 0. The highest BCUT2D eigenvalue weighted by atomic mass is 16.2. The number of amides is 1. The maximum atomic E-state index is 11.9. The number of carbonyl (C=O) groups is 1. The Morgan fingerprint density at radius 3 is 2.56 bits per heavy atom. The number of hydrogen-bond acceptors (Lipinski definition) is 2. The van der Waals surface area contributed by atoms with Gasteiger partial charge in [0.15, 0.2) is 0 Å². The molecule has 1 atom stereocenters. The van der Waals surface area contributed by atoms with Crippen molar-refractivity contribution in [2.45, 2.75) is 52.5 Å². The van der Waals surface area contributed by atoms with Crippen LogP contribution in [0.25, 0.3) is 0 Å². The highest BCUT2D eigenvalue weighted by Crippen LogP contribution is 2.34. The Kier molecular flexibility index (Phi) is 5.81. The van der Waals surface area contributed by atoms with Crippen molar-refractivity contribution in [3.8, 4) is 0 Å². The second kappa shape index (κ2) is 6.89. The molecule has 1 amide bonds. The molecule has 94 valence electrons. The molecule has 2 aliphatic rings. The number of nitrogens with zero attached hydrogens (tertiary/aromatic N) is 1. The Morgan fingerprint density at radius 1 is 1.31 bits per heavy atom. The van der Waals surface area contributed by atoms with Crippen LogP contribution in [0.1, 0.15) is 46.5 Å². The van der Waals surface area contributed by atoms with Gasteiger partial charge in [0.1, 0.15) is 0 Å². The van der Waals surface area contributed by atoms with Crippen molar-refractivity contribution >= 4 is 5.91 Å². The number of rotatable bonds is 4. The predicted octanol–water partition coefficient (Wildman–Crippen LogP) is 2.02. The van der Waals surface area contributed by atoms with Crippen LogP contribution in [-0.2, 0) is 4.79 Å². The van der Waals surface area contributed by atoms with Crippen LogP contribution in [0.15, 0.2) is 0 Å². The molecule has 1 heterocycles. The second-order valence-electron chi connectivity index (χ2n) is 4.45. The van der Waals surface area contributed by atoms with Crippen LogP contribution in [0.4, 0.5) is 0 Å². The summed E-state index contributed by atoms with van der Waals surface area (Å²) in [6, 6.07) is 0.115. The maximum Gasteiger partial charge on any atom is 0.239 e. The first-order valence-electron chi connectivity index (χ1n) is 6.83. The van der Waals surface area contributed by atoms with Crippen molar-refractivity contribution in [1.82, 2.24) is 10.2 Å². The molecule has 0 aromatic carbocycles. The van der Waals surface area contributed by atoms with Gasteiger partial charge in [-0.25, -0.2) is 0 Å². The average Bonchev–Trinajstić information content (AvgIpc) is 3.14. The van der Waals surface area contributed by atoms with Crippen LogP contribution >= 0.6 is 0 Å². The largest absolute Gasteiger partial charge is 0.340 e. The maximum absolute atomic E-state index is 11.9. The van der Waals surface area contributed by atoms with Crippen molar-refractivity contribution in [3.05, 3.63) is 0 Å². The quantitative estimate of drug-likeness (QED) is 0.795. The number of nitrogens with one attached hydrogen (secondary N) is 1. The van der Waals surface area contributed by atoms with E-state index in [1.54, 1.807) is 0 Å². The standard InChI is InChI=1S/C11H20N2O.C2H6/c1-2-13-8-7-12-10(11(13)14)6-5-9-3-4-9;1-2/h9-10,12H,2-8H2,1H3;1-2H3. The van der Waals surface area contributed by atoms with Crippen LogP contribution in [0.3, 0.4) is 0 Å². The van der Waals surface area contributed by atoms with Crippen molar-refractivity contribution < 1.29 is 4.79 Å². The molecule has 0 bridgehead atoms. The summed E-state index contributed by atoms with van der Waals surface area (Å²) in [6.45, 7) is 8.77. The summed E-state index contributed by atoms with van der Waals surface area (Å²) in [4.78, 5) is 13.8. The molecule has 16 heavy (non-hydrogen) atoms. The molecule has 1 aliphatic heterocycles. The van der Waals surface area contributed by atoms with E-state index in [4.69, 9.17) is 0 Å². The number of hydrogen-bond donors (Lipinski definition) is 1. The van der Waals surface area contributed by atoms with E-state index in [0.29, 0.717) is 5.91 Å². The van der Waals surface area contributed by atoms with Crippen molar-refractivity contribution in [2.75, 3.05) is 19.6 Å². The van der Waals surface area contributed by atoms with Crippen molar-refractivity contribution in [2.24, 2.45) is 5.92 Å². The lowest BCUT2D eigenvalue weighted by Gasteiger charge is -2.32. The van der Waals surface area contributed by atoms with Gasteiger partial charge in [-0.2, -0.15) is 0 Å². The topological polar surface area (TPSA) is 32.3 Å². The fourth-order valence-corrected chi connectivity index (χ4v) is 2.14. The van der Waals surface area contributed by atoms with E-state index < -0.39 is 0 Å². The zero-order valence-corrected chi connectivity index (χ0v) is 11.0. The molecular weight excluding hydrogens is 200 g/mol. The summed E-state index contributed by atoms with van der Waals surface area (Å²) >= 11 is 0. The summed E-state index contributed by atoms with van der Waals surface area (Å²) in [5.41, 5.74) is 0. The van der Waals surface area contributed by atoms with Crippen LogP contribution in [0.2, 0.25) is 0 Å². The van der Waals surface area contributed by atoms with Crippen molar-refractivity contribution in [1.29, 1.82) is 0 Å². The zero-order chi connectivity index (χ0) is 12.0. The van der Waals surface area contributed by atoms with Crippen molar-refractivity contribution in [3.63, 3.8) is 0 Å². The lowest BCUT2D eigenvalue weighted by atomic mass is 10.1. The third-order valence-electron chi connectivity index (χ3n) is 3.32. The normalized spacial score (nSPS) is 25.1. The summed E-state index contributed by atoms with van der Waals surface area (Å²) in [7, 11) is 0. The summed E-state index contributed by atoms with van der Waals surface area (Å²) in [5, 5.41) is 3.33. The Labute approximate surface area is 99.6 Å². The number of likely N-dealkylation sites (N-methyl/N-ethyl adjacent to an activating group) is 1. The van der Waals surface area contributed by atoms with Gasteiger partial charge in [0.2, 0.25) is 5.91 Å². The fourth-order valence-electron chi connectivity index (χ4n) is 2.14. The lowest BCUT2D eigenvalue weighted by molar-refractivity contribution is -0.135. The average molecular weight is 226 g/mol. The van der Waals surface area contributed by atoms with Gasteiger partial charge >= 0.3 is 0 Å². The van der Waals surface area contributed by atoms with Crippen LogP contribution in [0.5, 0.6) is 0 Å². The molecule has 0 spiro atoms. The summed E-state index contributed by atoms with van der Waals surface area (Å²) in [5.74, 6) is 1.25. The molecule has 0 aromatic heterocycles. The van der Waals surface area contributed by atoms with Gasteiger partial charge in [-0.15, -0.1) is 0 Å². The SMILES string of the molecule is CC.CCN1CCNC(CCC2CC2)C1=O. The first kappa shape index (κ1) is 13.5. The Balaban J connectivity index is 0.000000606. The molecule has 0 aromatic rings. The molecule has 0 radical (unpaired) electrons. The Morgan fingerprint density at radius 2 is 2.00 bits per heavy atom. The minimum absolute atomic E-state index is 0.115. The second-order valence-corrected chi connectivity index (χ2v) is 4.45. The first-order chi connectivity index (χ1) is 7.81. The molecule has 1 unspecified atom stereocenters. The fraction of sp³-hybridized carbons (Fsp3) is 0.923. The lowest BCUT2D eigenvalue weighted by Crippen LogP contribution is -2.54. The van der Waals surface area contributed by atoms with E-state index in [1.807, 2.05) is 18.7 Å². The van der Waals surface area contributed by atoms with Gasteiger partial charge in [-0.1, -0.05) is 26.7 Å². The number of piperazine rings is 1. The van der Waals surface area contributed by atoms with Gasteiger partial charge in [0, 0.05) is 19.6 Å². The molecule has 1 aliphatic carbocycles. The molecular formula is C13H26N2O. The first-order valence-corrected chi connectivity index (χ1v) is 6.83. The van der Waals surface area contributed by atoms with Gasteiger partial charge < -0.3 is 10.2 Å². The number of carbonyl (C=O) groups excluding carboxylic acids is 1. The smallest absolute Gasteiger partial charge is 0.239 e. The van der Waals surface area contributed by atoms with Gasteiger partial charge in [0.05, 0.1) is 6.04 Å². The third-order valence-corrected chi connectivity index (χ3v) is 3.32. The van der Waals surface area contributed by atoms with E-state index in [0.717, 1.165) is 32.0 Å². The minimum Gasteiger partial charge on any atom is -0.340 e. The minimum atomic E-state index is 0.115. The summed E-state index contributed by atoms with van der Waals surface area (Å²) in [6.07, 6.45) is 5.05. The van der Waals surface area contributed by atoms with Gasteiger partial charge in [0.25, 0.3) is 0 Å². The van der Waals surface area contributed by atoms with Gasteiger partial charge in [-0.3, -0.25) is 4.79 Å². The Hall–Kier alpha value is -0.570. The zero-order valence-electron chi connectivity index (χ0n) is 11.0. The Bertz CT molecular complexity index is 214. The molecule has 2 fully saturated rings. The third kappa shape index (κ3) is 3.78. The van der Waals surface area contributed by atoms with Crippen LogP contribution in [0, 0.1) is 5.92 Å². The van der Waals surface area contributed by atoms with Gasteiger partial charge in [-0.05, 0) is 25.7 Å². The molecule has 1 N–H and O–H groups in total. The molecule has 3 nitrogen and oxygen atoms in total.